The lowest BCUT2D eigenvalue weighted by Crippen LogP contribution is -2.37. The van der Waals surface area contributed by atoms with Crippen LogP contribution in [0.2, 0.25) is 0 Å². The molecule has 1 rings (SSSR count). The summed E-state index contributed by atoms with van der Waals surface area (Å²) in [6, 6.07) is 0. The largest absolute Gasteiger partial charge is 0.328 e. The smallest absolute Gasteiger partial charge is 0.202 e. The predicted molar refractivity (Wildman–Crippen MR) is 50.4 cm³/mol. The highest BCUT2D eigenvalue weighted by Crippen LogP contribution is 2.28. The van der Waals surface area contributed by atoms with E-state index in [1.807, 2.05) is 13.2 Å². The van der Waals surface area contributed by atoms with E-state index in [1.54, 1.807) is 0 Å². The van der Waals surface area contributed by atoms with E-state index in [1.165, 1.54) is 11.9 Å². The summed E-state index contributed by atoms with van der Waals surface area (Å²) in [7, 11) is 2.03. The predicted octanol–water partition coefficient (Wildman–Crippen LogP) is 1.72. The van der Waals surface area contributed by atoms with E-state index in [4.69, 9.17) is 5.26 Å². The van der Waals surface area contributed by atoms with E-state index < -0.39 is 0 Å². The minimum atomic E-state index is 0.726. The van der Waals surface area contributed by atoms with E-state index in [0.717, 1.165) is 23.5 Å². The SMILES string of the molecule is CCC[N+]1(SC#N)C=CN(C)C1. The highest BCUT2D eigenvalue weighted by atomic mass is 32.2. The maximum Gasteiger partial charge on any atom is 0.202 e. The van der Waals surface area contributed by atoms with Crippen LogP contribution in [0.15, 0.2) is 12.4 Å². The maximum atomic E-state index is 8.65. The topological polar surface area (TPSA) is 27.0 Å². The Labute approximate surface area is 78.0 Å². The summed E-state index contributed by atoms with van der Waals surface area (Å²) in [6.07, 6.45) is 5.24. The minimum Gasteiger partial charge on any atom is -0.328 e. The first-order valence-electron chi connectivity index (χ1n) is 4.06. The Morgan fingerprint density at radius 2 is 2.50 bits per heavy atom. The quantitative estimate of drug-likeness (QED) is 0.379. The number of thiocyanates is 1. The summed E-state index contributed by atoms with van der Waals surface area (Å²) in [4.78, 5) is 2.11. The summed E-state index contributed by atoms with van der Waals surface area (Å²) in [5.74, 6) is 0. The molecule has 0 amide bonds. The molecule has 0 saturated carbocycles. The van der Waals surface area contributed by atoms with Gasteiger partial charge in [-0.05, 0) is 6.42 Å². The normalized spacial score (nSPS) is 27.6. The van der Waals surface area contributed by atoms with Crippen LogP contribution in [0.3, 0.4) is 0 Å². The van der Waals surface area contributed by atoms with Gasteiger partial charge in [0.05, 0.1) is 12.7 Å². The van der Waals surface area contributed by atoms with Crippen LogP contribution in [0.1, 0.15) is 13.3 Å². The molecule has 1 aliphatic heterocycles. The monoisotopic (exact) mass is 184 g/mol. The zero-order valence-corrected chi connectivity index (χ0v) is 8.34. The van der Waals surface area contributed by atoms with E-state index in [9.17, 15) is 0 Å². The fraction of sp³-hybridized carbons (Fsp3) is 0.625. The molecule has 0 aromatic heterocycles. The van der Waals surface area contributed by atoms with Crippen LogP contribution < -0.4 is 0 Å². The molecule has 1 atom stereocenters. The van der Waals surface area contributed by atoms with Crippen LogP contribution in [0.25, 0.3) is 0 Å². The van der Waals surface area contributed by atoms with E-state index in [0.29, 0.717) is 0 Å². The van der Waals surface area contributed by atoms with Gasteiger partial charge in [-0.3, -0.25) is 0 Å². The van der Waals surface area contributed by atoms with Gasteiger partial charge in [0, 0.05) is 7.05 Å². The third-order valence-electron chi connectivity index (χ3n) is 1.88. The average molecular weight is 184 g/mol. The van der Waals surface area contributed by atoms with Gasteiger partial charge in [-0.15, -0.1) is 0 Å². The minimum absolute atomic E-state index is 0.726. The van der Waals surface area contributed by atoms with Crippen molar-refractivity contribution in [2.75, 3.05) is 20.3 Å². The third-order valence-corrected chi connectivity index (χ3v) is 2.75. The summed E-state index contributed by atoms with van der Waals surface area (Å²) >= 11 is 1.33. The van der Waals surface area contributed by atoms with Crippen molar-refractivity contribution in [3.05, 3.63) is 12.4 Å². The molecule has 0 aromatic rings. The molecule has 1 aliphatic rings. The van der Waals surface area contributed by atoms with Crippen LogP contribution in [-0.2, 0) is 0 Å². The van der Waals surface area contributed by atoms with Crippen LogP contribution in [-0.4, -0.2) is 29.0 Å². The summed E-state index contributed by atoms with van der Waals surface area (Å²) < 4.78 is 0.726. The molecule has 0 spiro atoms. The molecule has 4 heteroatoms. The van der Waals surface area contributed by atoms with Crippen LogP contribution in [0, 0.1) is 10.7 Å². The molecular formula is C8H14N3S+. The molecule has 0 N–H and O–H groups in total. The van der Waals surface area contributed by atoms with Crippen LogP contribution >= 0.6 is 11.9 Å². The molecular weight excluding hydrogens is 170 g/mol. The van der Waals surface area contributed by atoms with Crippen molar-refractivity contribution in [2.45, 2.75) is 13.3 Å². The standard InChI is InChI=1S/C8H14N3S/c1-3-5-11(12-7-9)6-4-10(2)8-11/h4,6H,3,5,8H2,1-2H3/q+1. The molecule has 0 aromatic carbocycles. The zero-order chi connectivity index (χ0) is 9.03. The van der Waals surface area contributed by atoms with Gasteiger partial charge in [0.25, 0.3) is 0 Å². The second-order valence-electron chi connectivity index (χ2n) is 3.06. The molecule has 66 valence electrons. The van der Waals surface area contributed by atoms with Crippen LogP contribution in [0.4, 0.5) is 0 Å². The summed E-state index contributed by atoms with van der Waals surface area (Å²) in [6.45, 7) is 4.08. The molecule has 3 nitrogen and oxygen atoms in total. The first kappa shape index (κ1) is 9.43. The number of hydrogen-bond donors (Lipinski definition) is 0. The Morgan fingerprint density at radius 3 is 2.92 bits per heavy atom. The van der Waals surface area contributed by atoms with Crippen molar-refractivity contribution in [1.82, 2.24) is 4.90 Å². The van der Waals surface area contributed by atoms with Gasteiger partial charge < -0.3 is 4.90 Å². The lowest BCUT2D eigenvalue weighted by Gasteiger charge is -2.25. The lowest BCUT2D eigenvalue weighted by atomic mass is 10.4. The molecule has 0 bridgehead atoms. The van der Waals surface area contributed by atoms with Crippen molar-refractivity contribution in [1.29, 1.82) is 5.26 Å². The Balaban J connectivity index is 2.63. The first-order valence-corrected chi connectivity index (χ1v) is 4.84. The number of nitriles is 1. The van der Waals surface area contributed by atoms with Crippen molar-refractivity contribution >= 4 is 11.9 Å². The van der Waals surface area contributed by atoms with Crippen LogP contribution in [0.5, 0.6) is 0 Å². The summed E-state index contributed by atoms with van der Waals surface area (Å²) in [5.41, 5.74) is 0. The Bertz CT molecular complexity index is 221. The molecule has 0 radical (unpaired) electrons. The first-order chi connectivity index (χ1) is 5.72. The van der Waals surface area contributed by atoms with Gasteiger partial charge in [0.2, 0.25) is 11.9 Å². The van der Waals surface area contributed by atoms with Gasteiger partial charge in [0.15, 0.2) is 12.1 Å². The van der Waals surface area contributed by atoms with E-state index in [2.05, 4.69) is 23.4 Å². The third kappa shape index (κ3) is 1.93. The van der Waals surface area contributed by atoms with Gasteiger partial charge >= 0.3 is 0 Å². The van der Waals surface area contributed by atoms with Gasteiger partial charge in [-0.1, -0.05) is 6.92 Å². The van der Waals surface area contributed by atoms with Gasteiger partial charge in [0.1, 0.15) is 6.20 Å². The van der Waals surface area contributed by atoms with E-state index in [-0.39, 0.29) is 0 Å². The fourth-order valence-corrected chi connectivity index (χ4v) is 2.21. The highest BCUT2D eigenvalue weighted by molar-refractivity contribution is 7.98. The second kappa shape index (κ2) is 3.83. The van der Waals surface area contributed by atoms with Crippen molar-refractivity contribution < 1.29 is 3.89 Å². The molecule has 0 fully saturated rings. The second-order valence-corrected chi connectivity index (χ2v) is 4.15. The number of nitrogens with zero attached hydrogens (tertiary/aromatic N) is 3. The molecule has 0 saturated heterocycles. The summed E-state index contributed by atoms with van der Waals surface area (Å²) in [5, 5.41) is 10.8. The fourth-order valence-electron chi connectivity index (χ4n) is 1.42. The van der Waals surface area contributed by atoms with Gasteiger partial charge in [-0.25, -0.2) is 3.89 Å². The Morgan fingerprint density at radius 1 is 1.75 bits per heavy atom. The lowest BCUT2D eigenvalue weighted by molar-refractivity contribution is -0.741. The van der Waals surface area contributed by atoms with Gasteiger partial charge in [-0.2, -0.15) is 5.26 Å². The zero-order valence-electron chi connectivity index (χ0n) is 7.53. The highest BCUT2D eigenvalue weighted by Gasteiger charge is 2.31. The van der Waals surface area contributed by atoms with E-state index >= 15 is 0 Å². The Kier molecular flexibility index (Phi) is 3.01. The molecule has 1 heterocycles. The maximum absolute atomic E-state index is 8.65. The molecule has 0 aliphatic carbocycles. The molecule has 1 unspecified atom stereocenters. The van der Waals surface area contributed by atoms with Crippen molar-refractivity contribution in [3.8, 4) is 5.40 Å². The van der Waals surface area contributed by atoms with Crippen molar-refractivity contribution in [2.24, 2.45) is 0 Å². The van der Waals surface area contributed by atoms with Crippen molar-refractivity contribution in [3.63, 3.8) is 0 Å². The number of rotatable bonds is 3. The molecule has 12 heavy (non-hydrogen) atoms. The number of quaternary nitrogens is 1. The Hall–Kier alpha value is -0.660. The average Bonchev–Trinajstić information content (AvgIpc) is 2.34. The number of hydrogen-bond acceptors (Lipinski definition) is 3.